The van der Waals surface area contributed by atoms with E-state index in [9.17, 15) is 19.5 Å². The number of benzene rings is 2. The number of ether oxygens (including phenoxy) is 4. The molecule has 2 aliphatic heterocycles. The van der Waals surface area contributed by atoms with Gasteiger partial charge in [-0.25, -0.2) is 4.79 Å². The van der Waals surface area contributed by atoms with Crippen molar-refractivity contribution in [3.63, 3.8) is 0 Å². The molecule has 0 saturated heterocycles. The van der Waals surface area contributed by atoms with Crippen molar-refractivity contribution < 1.29 is 38.4 Å². The van der Waals surface area contributed by atoms with E-state index in [-0.39, 0.29) is 61.4 Å². The molecule has 4 amide bonds. The zero-order valence-electron chi connectivity index (χ0n) is 29.2. The molecular weight excluding hydrogens is 628 g/mol. The minimum atomic E-state index is -0.513. The van der Waals surface area contributed by atoms with Crippen molar-refractivity contribution in [2.45, 2.75) is 90.4 Å². The number of nitrogens with one attached hydrogen (secondary N) is 2. The first-order valence-corrected chi connectivity index (χ1v) is 17.7. The smallest absolute Gasteiger partial charge is 0.323 e. The van der Waals surface area contributed by atoms with Crippen molar-refractivity contribution >= 4 is 29.2 Å². The maximum absolute atomic E-state index is 14.4. The van der Waals surface area contributed by atoms with E-state index in [4.69, 9.17) is 18.9 Å². The van der Waals surface area contributed by atoms with E-state index < -0.39 is 12.1 Å². The summed E-state index contributed by atoms with van der Waals surface area (Å²) in [7, 11) is 1.85. The first-order valence-electron chi connectivity index (χ1n) is 17.7. The van der Waals surface area contributed by atoms with Crippen LogP contribution in [-0.4, -0.2) is 91.1 Å². The number of hydrogen-bond acceptors (Lipinski definition) is 8. The molecule has 4 atom stereocenters. The number of rotatable bonds is 7. The Morgan fingerprint density at radius 2 is 1.61 bits per heavy atom. The van der Waals surface area contributed by atoms with Crippen molar-refractivity contribution in [2.75, 3.05) is 50.8 Å². The summed E-state index contributed by atoms with van der Waals surface area (Å²) in [5.74, 6) is 1.29. The molecular formula is C37H52N4O8. The zero-order valence-corrected chi connectivity index (χ0v) is 29.2. The van der Waals surface area contributed by atoms with Gasteiger partial charge in [0.1, 0.15) is 5.75 Å². The Kier molecular flexibility index (Phi) is 12.6. The van der Waals surface area contributed by atoms with E-state index in [1.807, 2.05) is 20.9 Å². The first-order chi connectivity index (χ1) is 23.6. The number of amides is 4. The quantitative estimate of drug-likeness (QED) is 0.329. The van der Waals surface area contributed by atoms with Gasteiger partial charge in [-0.15, -0.1) is 0 Å². The molecule has 2 heterocycles. The van der Waals surface area contributed by atoms with Gasteiger partial charge in [-0.2, -0.15) is 0 Å². The molecule has 5 rings (SSSR count). The monoisotopic (exact) mass is 680 g/mol. The van der Waals surface area contributed by atoms with Crippen LogP contribution >= 0.6 is 0 Å². The van der Waals surface area contributed by atoms with E-state index in [1.54, 1.807) is 53.1 Å². The van der Waals surface area contributed by atoms with Crippen LogP contribution in [0.2, 0.25) is 0 Å². The number of anilines is 2. The van der Waals surface area contributed by atoms with Crippen LogP contribution < -0.4 is 24.8 Å². The van der Waals surface area contributed by atoms with Crippen LogP contribution in [-0.2, 0) is 9.53 Å². The van der Waals surface area contributed by atoms with Gasteiger partial charge in [0.2, 0.25) is 12.7 Å². The van der Waals surface area contributed by atoms with E-state index in [0.717, 1.165) is 44.9 Å². The Balaban J connectivity index is 1.36. The molecule has 3 N–H and O–H groups in total. The lowest BCUT2D eigenvalue weighted by atomic mass is 9.88. The van der Waals surface area contributed by atoms with Crippen LogP contribution in [0.5, 0.6) is 17.2 Å². The molecule has 3 aliphatic rings. The molecule has 268 valence electrons. The Morgan fingerprint density at radius 1 is 0.939 bits per heavy atom. The largest absolute Gasteiger partial charge is 0.490 e. The number of carbonyl (C=O) groups is 3. The van der Waals surface area contributed by atoms with Gasteiger partial charge in [0.05, 0.1) is 30.4 Å². The number of carbonyl (C=O) groups excluding carboxylic acids is 3. The summed E-state index contributed by atoms with van der Waals surface area (Å²) in [6.07, 6.45) is 7.19. The maximum Gasteiger partial charge on any atom is 0.323 e. The number of likely N-dealkylation sites (N-methyl/N-ethyl adjacent to an activating group) is 1. The molecule has 0 unspecified atom stereocenters. The van der Waals surface area contributed by atoms with Gasteiger partial charge < -0.3 is 44.5 Å². The van der Waals surface area contributed by atoms with Gasteiger partial charge in [0.15, 0.2) is 11.5 Å². The van der Waals surface area contributed by atoms with Gasteiger partial charge in [0, 0.05) is 56.0 Å². The molecule has 1 fully saturated rings. The molecule has 12 nitrogen and oxygen atoms in total. The van der Waals surface area contributed by atoms with Crippen LogP contribution in [0.4, 0.5) is 16.2 Å². The van der Waals surface area contributed by atoms with Crippen molar-refractivity contribution in [3.8, 4) is 17.2 Å². The van der Waals surface area contributed by atoms with Crippen LogP contribution in [0.1, 0.15) is 82.5 Å². The second-order valence-electron chi connectivity index (χ2n) is 13.7. The molecule has 2 aromatic rings. The number of aliphatic hydroxyl groups excluding tert-OH is 1. The second kappa shape index (κ2) is 17.1. The van der Waals surface area contributed by atoms with Crippen LogP contribution in [0, 0.1) is 11.8 Å². The van der Waals surface area contributed by atoms with E-state index >= 15 is 0 Å². The zero-order chi connectivity index (χ0) is 34.9. The number of urea groups is 1. The average Bonchev–Trinajstić information content (AvgIpc) is 3.57. The summed E-state index contributed by atoms with van der Waals surface area (Å²) in [4.78, 5) is 44.2. The van der Waals surface area contributed by atoms with Crippen molar-refractivity contribution in [1.82, 2.24) is 9.80 Å². The van der Waals surface area contributed by atoms with Crippen LogP contribution in [0.25, 0.3) is 0 Å². The van der Waals surface area contributed by atoms with Gasteiger partial charge >= 0.3 is 6.03 Å². The lowest BCUT2D eigenvalue weighted by molar-refractivity contribution is -0.137. The summed E-state index contributed by atoms with van der Waals surface area (Å²) in [5.41, 5.74) is 1.20. The SMILES string of the molecule is C[C@H]1CCCCO[C@H](CN(C)C(=O)C2CCCCC2)[C@@H](C)CN([C@@H](C)CO)C(=O)c2cc(NC(=O)Nc3ccc4c(c3)OCO4)ccc2O1. The molecule has 0 spiro atoms. The van der Waals surface area contributed by atoms with Gasteiger partial charge in [-0.05, 0) is 76.3 Å². The topological polar surface area (TPSA) is 139 Å². The number of fused-ring (bicyclic) bond motifs is 2. The van der Waals surface area contributed by atoms with Crippen molar-refractivity contribution in [1.29, 1.82) is 0 Å². The predicted molar refractivity (Wildman–Crippen MR) is 186 cm³/mol. The first kappa shape index (κ1) is 36.3. The maximum atomic E-state index is 14.4. The molecule has 2 aromatic carbocycles. The number of nitrogens with zero attached hydrogens (tertiary/aromatic N) is 2. The summed E-state index contributed by atoms with van der Waals surface area (Å²) in [5, 5.41) is 15.9. The van der Waals surface area contributed by atoms with Crippen molar-refractivity contribution in [3.05, 3.63) is 42.0 Å². The summed E-state index contributed by atoms with van der Waals surface area (Å²) < 4.78 is 23.5. The molecule has 49 heavy (non-hydrogen) atoms. The van der Waals surface area contributed by atoms with Gasteiger partial charge in [-0.3, -0.25) is 9.59 Å². The van der Waals surface area contributed by atoms with Crippen LogP contribution in [0.3, 0.4) is 0 Å². The fraction of sp³-hybridized carbons (Fsp3) is 0.595. The lowest BCUT2D eigenvalue weighted by Gasteiger charge is -2.36. The summed E-state index contributed by atoms with van der Waals surface area (Å²) >= 11 is 0. The number of aliphatic hydroxyl groups is 1. The van der Waals surface area contributed by atoms with E-state index in [0.29, 0.717) is 41.8 Å². The van der Waals surface area contributed by atoms with Gasteiger partial charge in [-0.1, -0.05) is 26.2 Å². The second-order valence-corrected chi connectivity index (χ2v) is 13.7. The summed E-state index contributed by atoms with van der Waals surface area (Å²) in [6, 6.07) is 9.12. The molecule has 1 saturated carbocycles. The highest BCUT2D eigenvalue weighted by atomic mass is 16.7. The average molecular weight is 681 g/mol. The lowest BCUT2D eigenvalue weighted by Crippen LogP contribution is -2.48. The highest BCUT2D eigenvalue weighted by Crippen LogP contribution is 2.34. The Labute approximate surface area is 289 Å². The normalized spacial score (nSPS) is 22.7. The van der Waals surface area contributed by atoms with Crippen molar-refractivity contribution in [2.24, 2.45) is 11.8 Å². The molecule has 0 aromatic heterocycles. The Morgan fingerprint density at radius 3 is 2.35 bits per heavy atom. The highest BCUT2D eigenvalue weighted by Gasteiger charge is 2.32. The third-order valence-corrected chi connectivity index (χ3v) is 9.72. The highest BCUT2D eigenvalue weighted by molar-refractivity contribution is 6.02. The third kappa shape index (κ3) is 9.57. The Hall–Kier alpha value is -4.03. The van der Waals surface area contributed by atoms with E-state index in [2.05, 4.69) is 10.6 Å². The fourth-order valence-electron chi connectivity index (χ4n) is 6.75. The Bertz CT molecular complexity index is 1450. The minimum Gasteiger partial charge on any atom is -0.490 e. The number of hydrogen-bond donors (Lipinski definition) is 3. The fourth-order valence-corrected chi connectivity index (χ4v) is 6.75. The molecule has 0 bridgehead atoms. The van der Waals surface area contributed by atoms with Crippen LogP contribution in [0.15, 0.2) is 36.4 Å². The third-order valence-electron chi connectivity index (χ3n) is 9.72. The molecule has 1 aliphatic carbocycles. The van der Waals surface area contributed by atoms with Gasteiger partial charge in [0.25, 0.3) is 5.91 Å². The molecule has 12 heteroatoms. The summed E-state index contributed by atoms with van der Waals surface area (Å²) in [6.45, 7) is 6.93. The minimum absolute atomic E-state index is 0.0555. The predicted octanol–water partition coefficient (Wildman–Crippen LogP) is 5.89. The molecule has 0 radical (unpaired) electrons. The standard InChI is InChI=1S/C37H52N4O8/c1-24-20-41(25(2)22-42)36(44)30-18-28(38-37(45)39-29-14-16-32-33(19-29)48-23-47-32)13-15-31(30)49-26(3)10-8-9-17-46-34(24)21-40(4)35(43)27-11-6-5-7-12-27/h13-16,18-19,24-27,34,42H,5-12,17,20-23H2,1-4H3,(H2,38,39,45)/t24-,25-,26-,34+/m0/s1. The van der Waals surface area contributed by atoms with E-state index in [1.165, 1.54) is 6.42 Å².